The number of Topliss-reactive ketones (excluding diaryl/α,β-unsaturated/α-hetero) is 1. The topological polar surface area (TPSA) is 52.6 Å². The van der Waals surface area contributed by atoms with E-state index < -0.39 is 18.0 Å². The molecule has 1 saturated heterocycles. The number of halogens is 1. The van der Waals surface area contributed by atoms with E-state index in [0.717, 1.165) is 5.57 Å². The summed E-state index contributed by atoms with van der Waals surface area (Å²) in [6.07, 6.45) is 2.35. The highest BCUT2D eigenvalue weighted by atomic mass is 35.5. The molecule has 0 N–H and O–H groups in total. The fraction of sp³-hybridized carbons (Fsp3) is 0.333. The highest BCUT2D eigenvalue weighted by molar-refractivity contribution is 6.26. The molecule has 17 heavy (non-hydrogen) atoms. The molecule has 0 spiro atoms. The minimum Gasteiger partial charge on any atom is -0.474 e. The molecule has 0 amide bonds. The Bertz CT molecular complexity index is 473. The predicted octanol–water partition coefficient (Wildman–Crippen LogP) is 1.71. The third-order valence-electron chi connectivity index (χ3n) is 2.72. The van der Waals surface area contributed by atoms with Gasteiger partial charge in [-0.05, 0) is 24.1 Å². The van der Waals surface area contributed by atoms with Crippen LogP contribution in [0.1, 0.15) is 6.92 Å². The van der Waals surface area contributed by atoms with E-state index >= 15 is 0 Å². The van der Waals surface area contributed by atoms with Crippen molar-refractivity contribution in [3.63, 3.8) is 0 Å². The van der Waals surface area contributed by atoms with E-state index in [0.29, 0.717) is 11.3 Å². The van der Waals surface area contributed by atoms with E-state index in [1.54, 1.807) is 12.2 Å². The van der Waals surface area contributed by atoms with Crippen LogP contribution in [0.5, 0.6) is 0 Å². The number of fused-ring (bicyclic) bond motifs is 1. The molecule has 0 saturated carbocycles. The monoisotopic (exact) mass is 254 g/mol. The Balaban J connectivity index is 2.37. The summed E-state index contributed by atoms with van der Waals surface area (Å²) in [7, 11) is 1.22. The van der Waals surface area contributed by atoms with Gasteiger partial charge in [-0.15, -0.1) is 0 Å². The van der Waals surface area contributed by atoms with Gasteiger partial charge in [-0.2, -0.15) is 0 Å². The van der Waals surface area contributed by atoms with Crippen molar-refractivity contribution in [1.29, 1.82) is 0 Å². The van der Waals surface area contributed by atoms with Gasteiger partial charge >= 0.3 is 5.97 Å². The maximum Gasteiger partial charge on any atom is 0.354 e. The number of methoxy groups -OCH3 is 1. The van der Waals surface area contributed by atoms with Crippen LogP contribution in [0.4, 0.5) is 0 Å². The van der Waals surface area contributed by atoms with E-state index in [-0.39, 0.29) is 5.78 Å². The number of allylic oxidation sites excluding steroid dienone is 4. The van der Waals surface area contributed by atoms with Crippen molar-refractivity contribution in [3.05, 3.63) is 34.6 Å². The molecule has 0 aromatic rings. The molecule has 0 aromatic carbocycles. The highest BCUT2D eigenvalue weighted by Crippen LogP contribution is 2.38. The third-order valence-corrected chi connectivity index (χ3v) is 2.97. The first-order chi connectivity index (χ1) is 8.08. The first-order valence-electron chi connectivity index (χ1n) is 5.07. The van der Waals surface area contributed by atoms with Gasteiger partial charge in [0.1, 0.15) is 11.7 Å². The van der Waals surface area contributed by atoms with E-state index in [1.807, 2.05) is 6.92 Å². The lowest BCUT2D eigenvalue weighted by molar-refractivity contribution is -0.153. The number of ether oxygens (including phenoxy) is 2. The lowest BCUT2D eigenvalue weighted by Gasteiger charge is -2.14. The number of carbonyl (C=O) groups is 2. The molecule has 0 aromatic heterocycles. The average Bonchev–Trinajstić information content (AvgIpc) is 2.64. The second-order valence-corrected chi connectivity index (χ2v) is 4.12. The van der Waals surface area contributed by atoms with Gasteiger partial charge in [0, 0.05) is 5.54 Å². The van der Waals surface area contributed by atoms with Crippen molar-refractivity contribution < 1.29 is 19.1 Å². The highest BCUT2D eigenvalue weighted by Gasteiger charge is 2.47. The first-order valence-corrected chi connectivity index (χ1v) is 5.50. The van der Waals surface area contributed by atoms with Crippen LogP contribution < -0.4 is 0 Å². The Morgan fingerprint density at radius 1 is 1.53 bits per heavy atom. The summed E-state index contributed by atoms with van der Waals surface area (Å²) >= 11 is 5.68. The van der Waals surface area contributed by atoms with Gasteiger partial charge in [-0.1, -0.05) is 17.7 Å². The van der Waals surface area contributed by atoms with Crippen molar-refractivity contribution in [2.24, 2.45) is 5.92 Å². The molecule has 2 aliphatic rings. The minimum atomic E-state index is -1.18. The average molecular weight is 255 g/mol. The molecule has 0 bridgehead atoms. The molecule has 2 atom stereocenters. The summed E-state index contributed by atoms with van der Waals surface area (Å²) in [6, 6.07) is 0. The zero-order chi connectivity index (χ0) is 12.6. The zero-order valence-electron chi connectivity index (χ0n) is 9.40. The molecule has 4 nitrogen and oxygen atoms in total. The lowest BCUT2D eigenvalue weighted by Crippen LogP contribution is -2.30. The molecular formula is C12H11ClO4. The Morgan fingerprint density at radius 2 is 2.24 bits per heavy atom. The molecule has 90 valence electrons. The molecular weight excluding hydrogens is 244 g/mol. The van der Waals surface area contributed by atoms with Crippen LogP contribution >= 0.6 is 11.6 Å². The molecule has 1 aliphatic heterocycles. The lowest BCUT2D eigenvalue weighted by atomic mass is 9.88. The van der Waals surface area contributed by atoms with Crippen LogP contribution in [0.2, 0.25) is 0 Å². The fourth-order valence-electron chi connectivity index (χ4n) is 1.98. The van der Waals surface area contributed by atoms with E-state index in [2.05, 4.69) is 4.74 Å². The van der Waals surface area contributed by atoms with E-state index in [4.69, 9.17) is 16.3 Å². The SMILES string of the molecule is COC(=O)C1OC2=CC(C)=CC(=CCl)C2C1=O. The van der Waals surface area contributed by atoms with Crippen LogP contribution in [-0.4, -0.2) is 25.0 Å². The fourth-order valence-corrected chi connectivity index (χ4v) is 2.17. The molecule has 1 heterocycles. The van der Waals surface area contributed by atoms with Crippen molar-refractivity contribution in [1.82, 2.24) is 0 Å². The van der Waals surface area contributed by atoms with Crippen molar-refractivity contribution in [3.8, 4) is 0 Å². The molecule has 0 radical (unpaired) electrons. The van der Waals surface area contributed by atoms with Gasteiger partial charge in [0.15, 0.2) is 5.78 Å². The van der Waals surface area contributed by atoms with Gasteiger partial charge in [0.2, 0.25) is 0 Å². The Labute approximate surface area is 104 Å². The van der Waals surface area contributed by atoms with Crippen LogP contribution in [0, 0.1) is 5.92 Å². The van der Waals surface area contributed by atoms with Crippen LogP contribution in [0.3, 0.4) is 0 Å². The maximum absolute atomic E-state index is 12.0. The van der Waals surface area contributed by atoms with E-state index in [9.17, 15) is 9.59 Å². The standard InChI is InChI=1S/C12H11ClO4/c1-6-3-7(5-13)9-8(4-6)17-11(10(9)14)12(15)16-2/h3-5,9,11H,1-2H3. The minimum absolute atomic E-state index is 0.334. The smallest absolute Gasteiger partial charge is 0.354 e. The summed E-state index contributed by atoms with van der Waals surface area (Å²) in [4.78, 5) is 23.4. The summed E-state index contributed by atoms with van der Waals surface area (Å²) < 4.78 is 9.85. The molecule has 1 fully saturated rings. The second kappa shape index (κ2) is 4.37. The van der Waals surface area contributed by atoms with Crippen molar-refractivity contribution >= 4 is 23.4 Å². The number of ketones is 1. The van der Waals surface area contributed by atoms with Crippen LogP contribution in [-0.2, 0) is 19.1 Å². The van der Waals surface area contributed by atoms with Gasteiger partial charge in [-0.3, -0.25) is 4.79 Å². The normalized spacial score (nSPS) is 29.4. The van der Waals surface area contributed by atoms with Gasteiger partial charge in [0.05, 0.1) is 7.11 Å². The van der Waals surface area contributed by atoms with Crippen LogP contribution in [0.25, 0.3) is 0 Å². The van der Waals surface area contributed by atoms with Gasteiger partial charge in [-0.25, -0.2) is 4.79 Å². The maximum atomic E-state index is 12.0. The van der Waals surface area contributed by atoms with Gasteiger partial charge in [0.25, 0.3) is 6.10 Å². The zero-order valence-corrected chi connectivity index (χ0v) is 10.2. The summed E-state index contributed by atoms with van der Waals surface area (Å²) in [5.41, 5.74) is 2.89. The number of esters is 1. The number of hydrogen-bond donors (Lipinski definition) is 0. The van der Waals surface area contributed by atoms with Crippen molar-refractivity contribution in [2.45, 2.75) is 13.0 Å². The predicted molar refractivity (Wildman–Crippen MR) is 61.2 cm³/mol. The third kappa shape index (κ3) is 1.89. The summed E-state index contributed by atoms with van der Waals surface area (Å²) in [5, 5.41) is 0. The first kappa shape index (κ1) is 11.9. The molecule has 2 unspecified atom stereocenters. The summed E-state index contributed by atoms with van der Waals surface area (Å²) in [6.45, 7) is 1.86. The second-order valence-electron chi connectivity index (χ2n) is 3.90. The van der Waals surface area contributed by atoms with E-state index in [1.165, 1.54) is 12.6 Å². The molecule has 5 heteroatoms. The largest absolute Gasteiger partial charge is 0.474 e. The number of hydrogen-bond acceptors (Lipinski definition) is 4. The van der Waals surface area contributed by atoms with Crippen LogP contribution in [0.15, 0.2) is 34.6 Å². The van der Waals surface area contributed by atoms with Crippen molar-refractivity contribution in [2.75, 3.05) is 7.11 Å². The number of rotatable bonds is 1. The molecule has 1 aliphatic carbocycles. The summed E-state index contributed by atoms with van der Waals surface area (Å²) in [5.74, 6) is -1.15. The Kier molecular flexibility index (Phi) is 3.07. The molecule has 2 rings (SSSR count). The Hall–Kier alpha value is -1.55. The van der Waals surface area contributed by atoms with Gasteiger partial charge < -0.3 is 9.47 Å². The quantitative estimate of drug-likeness (QED) is 0.528. The Morgan fingerprint density at radius 3 is 2.82 bits per heavy atom. The number of carbonyl (C=O) groups excluding carboxylic acids is 2.